The Labute approximate surface area is 182 Å². The molecule has 0 spiro atoms. The molecule has 0 aliphatic rings. The summed E-state index contributed by atoms with van der Waals surface area (Å²) < 4.78 is 10.6. The first kappa shape index (κ1) is 23.4. The SMILES string of the molecule is CCCCCc1ccc(OC(=O)c2ccc(OC(=O)C(Cl)C(C)C)c(C#N)c2)cc1. The standard InChI is InChI=1S/C24H26ClNO4/c1-4-5-6-7-17-8-11-20(12-9-17)29-23(27)18-10-13-21(19(14-18)15-26)30-24(28)22(25)16(2)3/h8-14,16,22H,4-7H2,1-3H3. The predicted octanol–water partition coefficient (Wildman–Crippen LogP) is 5.68. The minimum absolute atomic E-state index is 0.0525. The number of nitriles is 1. The molecule has 0 heterocycles. The van der Waals surface area contributed by atoms with Gasteiger partial charge in [-0.05, 0) is 54.7 Å². The molecule has 0 saturated heterocycles. The molecule has 0 N–H and O–H groups in total. The second-order valence-electron chi connectivity index (χ2n) is 7.38. The molecule has 0 fully saturated rings. The molecule has 30 heavy (non-hydrogen) atoms. The molecule has 6 heteroatoms. The second-order valence-corrected chi connectivity index (χ2v) is 7.85. The highest BCUT2D eigenvalue weighted by Gasteiger charge is 2.23. The molecule has 0 saturated carbocycles. The molecule has 0 aliphatic carbocycles. The first-order chi connectivity index (χ1) is 14.3. The van der Waals surface area contributed by atoms with Crippen LogP contribution in [-0.2, 0) is 11.2 Å². The summed E-state index contributed by atoms with van der Waals surface area (Å²) in [5.41, 5.74) is 1.43. The third kappa shape index (κ3) is 6.60. The number of halogens is 1. The average Bonchev–Trinajstić information content (AvgIpc) is 2.74. The van der Waals surface area contributed by atoms with Crippen LogP contribution in [0.1, 0.15) is 61.5 Å². The maximum atomic E-state index is 12.4. The van der Waals surface area contributed by atoms with Crippen molar-refractivity contribution >= 4 is 23.5 Å². The molecular formula is C24H26ClNO4. The summed E-state index contributed by atoms with van der Waals surface area (Å²) >= 11 is 6.00. The van der Waals surface area contributed by atoms with Crippen LogP contribution < -0.4 is 9.47 Å². The molecule has 0 bridgehead atoms. The Hall–Kier alpha value is -2.84. The predicted molar refractivity (Wildman–Crippen MR) is 116 cm³/mol. The van der Waals surface area contributed by atoms with Gasteiger partial charge in [-0.3, -0.25) is 4.79 Å². The molecule has 2 aromatic rings. The number of rotatable bonds is 9. The summed E-state index contributed by atoms with van der Waals surface area (Å²) in [4.78, 5) is 24.5. The molecule has 0 radical (unpaired) electrons. The minimum Gasteiger partial charge on any atom is -0.424 e. The van der Waals surface area contributed by atoms with E-state index in [0.717, 1.165) is 12.8 Å². The summed E-state index contributed by atoms with van der Waals surface area (Å²) in [5.74, 6) is -0.869. The smallest absolute Gasteiger partial charge is 0.343 e. The normalized spacial score (nSPS) is 11.6. The zero-order valence-electron chi connectivity index (χ0n) is 17.5. The van der Waals surface area contributed by atoms with Gasteiger partial charge in [0.2, 0.25) is 0 Å². The number of benzene rings is 2. The number of carbonyl (C=O) groups excluding carboxylic acids is 2. The van der Waals surface area contributed by atoms with E-state index in [2.05, 4.69) is 6.92 Å². The fourth-order valence-electron chi connectivity index (χ4n) is 2.74. The number of aryl methyl sites for hydroxylation is 1. The van der Waals surface area contributed by atoms with Crippen molar-refractivity contribution < 1.29 is 19.1 Å². The highest BCUT2D eigenvalue weighted by atomic mass is 35.5. The molecule has 0 amide bonds. The van der Waals surface area contributed by atoms with Gasteiger partial charge in [-0.1, -0.05) is 45.7 Å². The lowest BCUT2D eigenvalue weighted by Gasteiger charge is -2.13. The fraction of sp³-hybridized carbons (Fsp3) is 0.375. The van der Waals surface area contributed by atoms with Gasteiger partial charge in [0.05, 0.1) is 11.1 Å². The molecule has 1 atom stereocenters. The Morgan fingerprint density at radius 1 is 1.07 bits per heavy atom. The molecular weight excluding hydrogens is 402 g/mol. The maximum absolute atomic E-state index is 12.4. The summed E-state index contributed by atoms with van der Waals surface area (Å²) in [6.45, 7) is 5.75. The van der Waals surface area contributed by atoms with Gasteiger partial charge in [0.25, 0.3) is 0 Å². The number of esters is 2. The zero-order valence-corrected chi connectivity index (χ0v) is 18.2. The zero-order chi connectivity index (χ0) is 22.1. The molecule has 158 valence electrons. The van der Waals surface area contributed by atoms with Crippen molar-refractivity contribution in [2.24, 2.45) is 5.92 Å². The summed E-state index contributed by atoms with van der Waals surface area (Å²) in [7, 11) is 0. The topological polar surface area (TPSA) is 76.4 Å². The Balaban J connectivity index is 2.06. The van der Waals surface area contributed by atoms with Crippen LogP contribution >= 0.6 is 11.6 Å². The van der Waals surface area contributed by atoms with Crippen molar-refractivity contribution in [3.8, 4) is 17.6 Å². The van der Waals surface area contributed by atoms with E-state index < -0.39 is 17.3 Å². The van der Waals surface area contributed by atoms with Crippen molar-refractivity contribution in [2.75, 3.05) is 0 Å². The maximum Gasteiger partial charge on any atom is 0.343 e. The van der Waals surface area contributed by atoms with Crippen molar-refractivity contribution in [3.63, 3.8) is 0 Å². The molecule has 0 aromatic heterocycles. The van der Waals surface area contributed by atoms with Gasteiger partial charge in [0.1, 0.15) is 22.9 Å². The number of carbonyl (C=O) groups is 2. The lowest BCUT2D eigenvalue weighted by molar-refractivity contribution is -0.134. The van der Waals surface area contributed by atoms with Gasteiger partial charge < -0.3 is 9.47 Å². The first-order valence-corrected chi connectivity index (χ1v) is 10.5. The van der Waals surface area contributed by atoms with Gasteiger partial charge in [0.15, 0.2) is 0 Å². The first-order valence-electron chi connectivity index (χ1n) is 10.1. The van der Waals surface area contributed by atoms with Crippen molar-refractivity contribution in [1.82, 2.24) is 0 Å². The number of alkyl halides is 1. The van der Waals surface area contributed by atoms with Crippen LogP contribution in [0.2, 0.25) is 0 Å². The summed E-state index contributed by atoms with van der Waals surface area (Å²) in [5, 5.41) is 8.54. The quantitative estimate of drug-likeness (QED) is 0.223. The van der Waals surface area contributed by atoms with Crippen LogP contribution in [0.15, 0.2) is 42.5 Å². The van der Waals surface area contributed by atoms with Gasteiger partial charge in [-0.25, -0.2) is 4.79 Å². The van der Waals surface area contributed by atoms with Crippen molar-refractivity contribution in [1.29, 1.82) is 5.26 Å². The van der Waals surface area contributed by atoms with Crippen molar-refractivity contribution in [3.05, 3.63) is 59.2 Å². The van der Waals surface area contributed by atoms with E-state index in [1.165, 1.54) is 36.6 Å². The van der Waals surface area contributed by atoms with Gasteiger partial charge >= 0.3 is 11.9 Å². The van der Waals surface area contributed by atoms with Crippen molar-refractivity contribution in [2.45, 2.75) is 51.8 Å². The number of hydrogen-bond acceptors (Lipinski definition) is 5. The number of hydrogen-bond donors (Lipinski definition) is 0. The average molecular weight is 428 g/mol. The van der Waals surface area contributed by atoms with Crippen LogP contribution in [0, 0.1) is 17.2 Å². The van der Waals surface area contributed by atoms with Crippen LogP contribution in [0.4, 0.5) is 0 Å². The second kappa shape index (κ2) is 11.4. The Morgan fingerprint density at radius 2 is 1.77 bits per heavy atom. The van der Waals surface area contributed by atoms with Crippen LogP contribution in [-0.4, -0.2) is 17.3 Å². The Bertz CT molecular complexity index is 916. The monoisotopic (exact) mass is 427 g/mol. The molecule has 2 aromatic carbocycles. The fourth-order valence-corrected chi connectivity index (χ4v) is 2.78. The highest BCUT2D eigenvalue weighted by molar-refractivity contribution is 6.30. The number of unbranched alkanes of at least 4 members (excludes halogenated alkanes) is 2. The third-order valence-corrected chi connectivity index (χ3v) is 5.24. The van der Waals surface area contributed by atoms with E-state index in [4.69, 9.17) is 21.1 Å². The Kier molecular flexibility index (Phi) is 8.89. The minimum atomic E-state index is -0.828. The van der Waals surface area contributed by atoms with E-state index in [1.807, 2.05) is 18.2 Å². The molecule has 5 nitrogen and oxygen atoms in total. The van der Waals surface area contributed by atoms with E-state index in [1.54, 1.807) is 26.0 Å². The van der Waals surface area contributed by atoms with Crippen LogP contribution in [0.25, 0.3) is 0 Å². The summed E-state index contributed by atoms with van der Waals surface area (Å²) in [6, 6.07) is 13.5. The van der Waals surface area contributed by atoms with Crippen LogP contribution in [0.3, 0.4) is 0 Å². The van der Waals surface area contributed by atoms with Gasteiger partial charge in [-0.2, -0.15) is 5.26 Å². The molecule has 2 rings (SSSR count). The third-order valence-electron chi connectivity index (χ3n) is 4.56. The highest BCUT2D eigenvalue weighted by Crippen LogP contribution is 2.23. The van der Waals surface area contributed by atoms with E-state index in [0.29, 0.717) is 5.75 Å². The van der Waals surface area contributed by atoms with Crippen LogP contribution in [0.5, 0.6) is 11.5 Å². The van der Waals surface area contributed by atoms with E-state index in [-0.39, 0.29) is 22.8 Å². The van der Waals surface area contributed by atoms with E-state index >= 15 is 0 Å². The Morgan fingerprint density at radius 3 is 2.37 bits per heavy atom. The number of ether oxygens (including phenoxy) is 2. The van der Waals surface area contributed by atoms with Gasteiger partial charge in [-0.15, -0.1) is 11.6 Å². The molecule has 1 unspecified atom stereocenters. The lowest BCUT2D eigenvalue weighted by Crippen LogP contribution is -2.25. The largest absolute Gasteiger partial charge is 0.424 e. The van der Waals surface area contributed by atoms with E-state index in [9.17, 15) is 14.9 Å². The summed E-state index contributed by atoms with van der Waals surface area (Å²) in [6.07, 6.45) is 4.48. The molecule has 0 aliphatic heterocycles. The van der Waals surface area contributed by atoms with Gasteiger partial charge in [0, 0.05) is 0 Å². The number of nitrogens with zero attached hydrogens (tertiary/aromatic N) is 1. The lowest BCUT2D eigenvalue weighted by atomic mass is 10.1.